The predicted molar refractivity (Wildman–Crippen MR) is 131 cm³/mol. The lowest BCUT2D eigenvalue weighted by molar-refractivity contribution is -0.118. The lowest BCUT2D eigenvalue weighted by atomic mass is 9.70. The molecule has 0 fully saturated rings. The van der Waals surface area contributed by atoms with Crippen LogP contribution in [0, 0.1) is 11.3 Å². The Kier molecular flexibility index (Phi) is 5.68. The van der Waals surface area contributed by atoms with E-state index < -0.39 is 10.9 Å². The van der Waals surface area contributed by atoms with Crippen LogP contribution in [0.3, 0.4) is 0 Å². The molecule has 3 aliphatic rings. The summed E-state index contributed by atoms with van der Waals surface area (Å²) in [6.07, 6.45) is 6.64. The zero-order valence-electron chi connectivity index (χ0n) is 17.9. The monoisotopic (exact) mass is 522 g/mol. The number of hydrogen-bond acceptors (Lipinski definition) is 3. The van der Waals surface area contributed by atoms with Gasteiger partial charge < -0.3 is 10.2 Å². The Morgan fingerprint density at radius 1 is 1.26 bits per heavy atom. The zero-order valence-corrected chi connectivity index (χ0v) is 21.0. The number of carbonyl (C=O) groups is 2. The van der Waals surface area contributed by atoms with Crippen LogP contribution in [0.2, 0.25) is 0 Å². The first kappa shape index (κ1) is 22.6. The van der Waals surface area contributed by atoms with E-state index >= 15 is 0 Å². The number of benzene rings is 1. The molecule has 0 bridgehead atoms. The number of Topliss-reactive ketones (excluding diaryl/α,β-unsaturated/α-hetero) is 1. The average molecular weight is 524 g/mol. The first-order valence-electron chi connectivity index (χ1n) is 10.3. The molecule has 1 aromatic rings. The number of rotatable bonds is 1. The van der Waals surface area contributed by atoms with Crippen LogP contribution in [0.4, 0.5) is 11.4 Å². The van der Waals surface area contributed by atoms with Crippen molar-refractivity contribution in [3.63, 3.8) is 0 Å². The summed E-state index contributed by atoms with van der Waals surface area (Å²) in [5, 5.41) is 4.05. The Labute approximate surface area is 201 Å². The number of nitrogens with zero attached hydrogens (tertiary/aromatic N) is 1. The van der Waals surface area contributed by atoms with Gasteiger partial charge in [-0.2, -0.15) is 0 Å². The third-order valence-corrected chi connectivity index (χ3v) is 7.30. The number of allylic oxidation sites excluding steroid dienone is 4. The molecule has 1 aliphatic heterocycles. The lowest BCUT2D eigenvalue weighted by Gasteiger charge is -2.43. The fraction of sp³-hybridized carbons (Fsp3) is 0.417. The molecule has 2 aliphatic carbocycles. The van der Waals surface area contributed by atoms with Gasteiger partial charge in [-0.25, -0.2) is 0 Å². The third-order valence-electron chi connectivity index (χ3n) is 6.21. The molecule has 31 heavy (non-hydrogen) atoms. The van der Waals surface area contributed by atoms with E-state index in [1.54, 1.807) is 17.1 Å². The van der Waals surface area contributed by atoms with Gasteiger partial charge in [-0.3, -0.25) is 9.59 Å². The van der Waals surface area contributed by atoms with E-state index in [1.807, 2.05) is 31.2 Å². The quantitative estimate of drug-likeness (QED) is 0.425. The number of anilines is 2. The first-order chi connectivity index (χ1) is 14.4. The van der Waals surface area contributed by atoms with Crippen molar-refractivity contribution >= 4 is 62.2 Å². The van der Waals surface area contributed by atoms with E-state index in [0.717, 1.165) is 21.5 Å². The smallest absolute Gasteiger partial charge is 0.224 e. The summed E-state index contributed by atoms with van der Waals surface area (Å²) in [4.78, 5) is 27.5. The minimum absolute atomic E-state index is 0.0448. The number of alkyl halides is 1. The van der Waals surface area contributed by atoms with Crippen LogP contribution < -0.4 is 10.2 Å². The van der Waals surface area contributed by atoms with Crippen LogP contribution >= 0.6 is 39.1 Å². The standard InChI is InChI=1S/C24H25BrCl2N2O2/c1-13(30)29-19-8-5-14(25)9-17(19)28-18-11-23(2,3)12-20(31)21(18)22(29)16-7-6-15(26)10-24(16,4)27/h5-10,16,22,28H,11-12H2,1-4H3. The fourth-order valence-electron chi connectivity index (χ4n) is 4.97. The lowest BCUT2D eigenvalue weighted by Crippen LogP contribution is -2.52. The molecule has 1 N–H and O–H groups in total. The number of hydrogen-bond donors (Lipinski definition) is 1. The average Bonchev–Trinajstić information content (AvgIpc) is 2.73. The van der Waals surface area contributed by atoms with E-state index in [4.69, 9.17) is 23.2 Å². The van der Waals surface area contributed by atoms with Gasteiger partial charge in [0.05, 0.1) is 22.3 Å². The van der Waals surface area contributed by atoms with Crippen LogP contribution in [-0.4, -0.2) is 22.6 Å². The maximum absolute atomic E-state index is 13.6. The van der Waals surface area contributed by atoms with E-state index in [9.17, 15) is 9.59 Å². The molecule has 0 saturated carbocycles. The van der Waals surface area contributed by atoms with Gasteiger partial charge in [0.1, 0.15) is 0 Å². The Morgan fingerprint density at radius 2 is 1.97 bits per heavy atom. The molecule has 7 heteroatoms. The van der Waals surface area contributed by atoms with Crippen molar-refractivity contribution in [1.82, 2.24) is 0 Å². The Bertz CT molecular complexity index is 1070. The highest BCUT2D eigenvalue weighted by Crippen LogP contribution is 2.49. The van der Waals surface area contributed by atoms with Crippen LogP contribution in [0.25, 0.3) is 0 Å². The van der Waals surface area contributed by atoms with Gasteiger partial charge in [0.15, 0.2) is 5.78 Å². The molecule has 1 amide bonds. The topological polar surface area (TPSA) is 49.4 Å². The Morgan fingerprint density at radius 3 is 2.61 bits per heavy atom. The molecular formula is C24H25BrCl2N2O2. The van der Waals surface area contributed by atoms with Crippen molar-refractivity contribution in [2.24, 2.45) is 11.3 Å². The highest BCUT2D eigenvalue weighted by atomic mass is 79.9. The summed E-state index contributed by atoms with van der Waals surface area (Å²) in [5.41, 5.74) is 2.82. The maximum Gasteiger partial charge on any atom is 0.224 e. The van der Waals surface area contributed by atoms with Crippen molar-refractivity contribution in [1.29, 1.82) is 0 Å². The Balaban J connectivity index is 2.00. The Hall–Kier alpha value is -1.56. The molecule has 0 radical (unpaired) electrons. The van der Waals surface area contributed by atoms with E-state index in [0.29, 0.717) is 23.4 Å². The molecule has 4 nitrogen and oxygen atoms in total. The first-order valence-corrected chi connectivity index (χ1v) is 11.8. The van der Waals surface area contributed by atoms with Crippen molar-refractivity contribution in [3.8, 4) is 0 Å². The minimum atomic E-state index is -0.866. The summed E-state index contributed by atoms with van der Waals surface area (Å²) in [6, 6.07) is 5.19. The maximum atomic E-state index is 13.6. The number of ketones is 1. The number of halogens is 3. The van der Waals surface area contributed by atoms with Crippen LogP contribution in [-0.2, 0) is 9.59 Å². The zero-order chi connectivity index (χ0) is 22.7. The summed E-state index contributed by atoms with van der Waals surface area (Å²) < 4.78 is 0.888. The van der Waals surface area contributed by atoms with Gasteiger partial charge in [-0.1, -0.05) is 47.5 Å². The van der Waals surface area contributed by atoms with Crippen molar-refractivity contribution in [3.05, 3.63) is 57.2 Å². The van der Waals surface area contributed by atoms with Gasteiger partial charge in [-0.05, 0) is 49.1 Å². The molecule has 0 saturated heterocycles. The second-order valence-corrected chi connectivity index (χ2v) is 11.7. The van der Waals surface area contributed by atoms with Crippen LogP contribution in [0.1, 0.15) is 40.5 Å². The van der Waals surface area contributed by atoms with Crippen molar-refractivity contribution in [2.75, 3.05) is 10.2 Å². The second-order valence-electron chi connectivity index (χ2n) is 9.52. The summed E-state index contributed by atoms with van der Waals surface area (Å²) in [6.45, 7) is 7.59. The minimum Gasteiger partial charge on any atom is -0.357 e. The van der Waals surface area contributed by atoms with Crippen LogP contribution in [0.15, 0.2) is 57.2 Å². The molecule has 164 valence electrons. The number of carbonyl (C=O) groups excluding carboxylic acids is 2. The van der Waals surface area contributed by atoms with Gasteiger partial charge in [0.2, 0.25) is 5.91 Å². The van der Waals surface area contributed by atoms with Gasteiger partial charge in [-0.15, -0.1) is 11.6 Å². The van der Waals surface area contributed by atoms with Crippen LogP contribution in [0.5, 0.6) is 0 Å². The number of nitrogens with one attached hydrogen (secondary N) is 1. The van der Waals surface area contributed by atoms with Gasteiger partial charge in [0, 0.05) is 40.0 Å². The molecule has 0 aromatic heterocycles. The van der Waals surface area contributed by atoms with E-state index in [2.05, 4.69) is 35.1 Å². The van der Waals surface area contributed by atoms with Crippen molar-refractivity contribution < 1.29 is 9.59 Å². The number of fused-ring (bicyclic) bond motifs is 1. The molecule has 3 unspecified atom stereocenters. The van der Waals surface area contributed by atoms with Gasteiger partial charge in [0.25, 0.3) is 0 Å². The molecule has 4 rings (SSSR count). The molecule has 0 spiro atoms. The molecular weight excluding hydrogens is 499 g/mol. The third kappa shape index (κ3) is 4.12. The summed E-state index contributed by atoms with van der Waals surface area (Å²) >= 11 is 16.7. The van der Waals surface area contributed by atoms with Gasteiger partial charge >= 0.3 is 0 Å². The highest BCUT2D eigenvalue weighted by Gasteiger charge is 2.49. The van der Waals surface area contributed by atoms with Crippen molar-refractivity contribution in [2.45, 2.75) is 51.5 Å². The fourth-order valence-corrected chi connectivity index (χ4v) is 5.99. The molecule has 1 heterocycles. The largest absolute Gasteiger partial charge is 0.357 e. The summed E-state index contributed by atoms with van der Waals surface area (Å²) in [5.74, 6) is -0.446. The highest BCUT2D eigenvalue weighted by molar-refractivity contribution is 9.10. The second kappa shape index (κ2) is 7.79. The normalized spacial score (nSPS) is 29.6. The predicted octanol–water partition coefficient (Wildman–Crippen LogP) is 6.55. The SMILES string of the molecule is CC(=O)N1c2ccc(Br)cc2NC2=C(C(=O)CC(C)(C)C2)C1C1C=CC(Cl)=CC1(C)Cl. The van der Waals surface area contributed by atoms with E-state index in [-0.39, 0.29) is 23.0 Å². The summed E-state index contributed by atoms with van der Waals surface area (Å²) in [7, 11) is 0. The van der Waals surface area contributed by atoms with E-state index in [1.165, 1.54) is 6.92 Å². The molecule has 1 aromatic carbocycles. The molecule has 3 atom stereocenters. The number of amides is 1.